The van der Waals surface area contributed by atoms with Crippen LogP contribution in [0.2, 0.25) is 18.1 Å². The van der Waals surface area contributed by atoms with Crippen LogP contribution >= 0.6 is 0 Å². The summed E-state index contributed by atoms with van der Waals surface area (Å²) in [7, 11) is -2.21. The quantitative estimate of drug-likeness (QED) is 0.225. The van der Waals surface area contributed by atoms with Gasteiger partial charge in [-0.1, -0.05) is 20.8 Å². The Balaban J connectivity index is 2.31. The summed E-state index contributed by atoms with van der Waals surface area (Å²) in [6.07, 6.45) is 2.28. The lowest BCUT2D eigenvalue weighted by molar-refractivity contribution is -0.235. The molecule has 1 fully saturated rings. The highest BCUT2D eigenvalue weighted by molar-refractivity contribution is 6.74. The SMILES string of the molecule is C[C@@H](O[Si](C)(C)C(C)(C)C)[C@H]1C(=O)N(OC(=O)C=O)[C@H]1C(=O)c1cccnc1. The van der Waals surface area contributed by atoms with Crippen LogP contribution in [-0.4, -0.2) is 54.5 Å². The number of aldehydes is 1. The van der Waals surface area contributed by atoms with E-state index in [-0.39, 0.29) is 16.9 Å². The van der Waals surface area contributed by atoms with Gasteiger partial charge in [-0.3, -0.25) is 19.4 Å². The van der Waals surface area contributed by atoms with E-state index in [1.807, 2.05) is 0 Å². The van der Waals surface area contributed by atoms with Crippen LogP contribution in [0.25, 0.3) is 0 Å². The molecule has 0 bridgehead atoms. The third kappa shape index (κ3) is 4.20. The minimum Gasteiger partial charge on any atom is -0.413 e. The number of hydroxylamine groups is 2. The molecule has 28 heavy (non-hydrogen) atoms. The van der Waals surface area contributed by atoms with E-state index in [1.54, 1.807) is 19.1 Å². The zero-order chi connectivity index (χ0) is 21.3. The van der Waals surface area contributed by atoms with Gasteiger partial charge in [0.2, 0.25) is 6.29 Å². The molecular formula is C19H26N2O6Si. The number of aromatic nitrogens is 1. The van der Waals surface area contributed by atoms with Crippen molar-refractivity contribution in [3.63, 3.8) is 0 Å². The largest absolute Gasteiger partial charge is 0.413 e. The summed E-state index contributed by atoms with van der Waals surface area (Å²) >= 11 is 0. The molecule has 1 aliphatic rings. The molecule has 2 rings (SSSR count). The highest BCUT2D eigenvalue weighted by atomic mass is 28.4. The molecule has 0 radical (unpaired) electrons. The third-order valence-corrected chi connectivity index (χ3v) is 9.96. The molecule has 2 heterocycles. The predicted molar refractivity (Wildman–Crippen MR) is 103 cm³/mol. The van der Waals surface area contributed by atoms with E-state index in [9.17, 15) is 19.2 Å². The number of rotatable bonds is 7. The van der Waals surface area contributed by atoms with E-state index in [2.05, 4.69) is 38.8 Å². The van der Waals surface area contributed by atoms with Crippen molar-refractivity contribution in [2.75, 3.05) is 0 Å². The summed E-state index contributed by atoms with van der Waals surface area (Å²) < 4.78 is 6.29. The standard InChI is InChI=1S/C19H26N2O6Si/c1-12(27-28(5,6)19(2,3)4)15-16(17(24)13-8-7-9-20-10-13)21(18(15)25)26-14(23)11-22/h7-12,15-16H,1-6H3/t12-,15-,16-/m1/s1. The van der Waals surface area contributed by atoms with Gasteiger partial charge in [0.1, 0.15) is 6.04 Å². The Morgan fingerprint density at radius 1 is 1.32 bits per heavy atom. The van der Waals surface area contributed by atoms with Crippen LogP contribution in [-0.2, 0) is 23.6 Å². The fourth-order valence-corrected chi connectivity index (χ4v) is 4.25. The fraction of sp³-hybridized carbons (Fsp3) is 0.526. The van der Waals surface area contributed by atoms with Gasteiger partial charge in [0.05, 0.1) is 12.0 Å². The van der Waals surface area contributed by atoms with Gasteiger partial charge in [-0.05, 0) is 37.2 Å². The number of amides is 1. The van der Waals surface area contributed by atoms with Crippen molar-refractivity contribution in [2.45, 2.75) is 58.0 Å². The van der Waals surface area contributed by atoms with Crippen LogP contribution in [0.4, 0.5) is 0 Å². The lowest BCUT2D eigenvalue weighted by Crippen LogP contribution is -2.68. The maximum Gasteiger partial charge on any atom is 0.395 e. The van der Waals surface area contributed by atoms with Gasteiger partial charge in [0.15, 0.2) is 14.1 Å². The molecule has 9 heteroatoms. The Morgan fingerprint density at radius 2 is 1.96 bits per heavy atom. The van der Waals surface area contributed by atoms with Crippen molar-refractivity contribution in [3.05, 3.63) is 30.1 Å². The zero-order valence-corrected chi connectivity index (χ0v) is 18.0. The maximum absolute atomic E-state index is 13.0. The molecule has 1 aromatic rings. The molecule has 1 amide bonds. The van der Waals surface area contributed by atoms with Gasteiger partial charge in [0.25, 0.3) is 5.91 Å². The van der Waals surface area contributed by atoms with E-state index >= 15 is 0 Å². The number of Topliss-reactive ketones (excluding diaryl/α,β-unsaturated/α-hetero) is 1. The number of pyridine rings is 1. The van der Waals surface area contributed by atoms with Crippen molar-refractivity contribution in [1.29, 1.82) is 0 Å². The predicted octanol–water partition coefficient (Wildman–Crippen LogP) is 2.16. The smallest absolute Gasteiger partial charge is 0.395 e. The molecule has 0 saturated carbocycles. The van der Waals surface area contributed by atoms with E-state index < -0.39 is 44.0 Å². The van der Waals surface area contributed by atoms with Crippen molar-refractivity contribution in [2.24, 2.45) is 5.92 Å². The number of hydrogen-bond donors (Lipinski definition) is 0. The molecule has 0 spiro atoms. The van der Waals surface area contributed by atoms with Gasteiger partial charge in [-0.2, -0.15) is 5.06 Å². The second-order valence-corrected chi connectivity index (χ2v) is 13.1. The van der Waals surface area contributed by atoms with Crippen molar-refractivity contribution >= 4 is 32.3 Å². The van der Waals surface area contributed by atoms with E-state index in [4.69, 9.17) is 9.26 Å². The third-order valence-electron chi connectivity index (χ3n) is 5.39. The first kappa shape index (κ1) is 21.9. The van der Waals surface area contributed by atoms with E-state index in [0.717, 1.165) is 0 Å². The van der Waals surface area contributed by atoms with Crippen LogP contribution in [0.5, 0.6) is 0 Å². The summed E-state index contributed by atoms with van der Waals surface area (Å²) in [6, 6.07) is 2.09. The number of β-lactam (4-membered cyclic amide) rings is 1. The molecule has 1 saturated heterocycles. The monoisotopic (exact) mass is 406 g/mol. The molecule has 0 N–H and O–H groups in total. The molecule has 1 aromatic heterocycles. The maximum atomic E-state index is 13.0. The van der Waals surface area contributed by atoms with Gasteiger partial charge < -0.3 is 9.26 Å². The number of ketones is 1. The lowest BCUT2D eigenvalue weighted by Gasteiger charge is -2.48. The summed E-state index contributed by atoms with van der Waals surface area (Å²) in [6.45, 7) is 12.1. The van der Waals surface area contributed by atoms with E-state index in [1.165, 1.54) is 12.4 Å². The van der Waals surface area contributed by atoms with Crippen LogP contribution < -0.4 is 0 Å². The van der Waals surface area contributed by atoms with Crippen molar-refractivity contribution in [3.8, 4) is 0 Å². The Hall–Kier alpha value is -2.39. The highest BCUT2D eigenvalue weighted by Gasteiger charge is 2.58. The molecule has 8 nitrogen and oxygen atoms in total. The average Bonchev–Trinajstić information content (AvgIpc) is 2.62. The molecule has 0 unspecified atom stereocenters. The molecule has 1 aliphatic heterocycles. The minimum atomic E-state index is -2.21. The highest BCUT2D eigenvalue weighted by Crippen LogP contribution is 2.41. The summed E-state index contributed by atoms with van der Waals surface area (Å²) in [5.41, 5.74) is 0.275. The number of hydrogen-bond acceptors (Lipinski definition) is 7. The minimum absolute atomic E-state index is 0.0538. The fourth-order valence-electron chi connectivity index (χ4n) is 2.82. The normalized spacial score (nSPS) is 20.9. The summed E-state index contributed by atoms with van der Waals surface area (Å²) in [5, 5.41) is 0.586. The molecular weight excluding hydrogens is 380 g/mol. The second-order valence-electron chi connectivity index (χ2n) is 8.35. The topological polar surface area (TPSA) is 103 Å². The van der Waals surface area contributed by atoms with Gasteiger partial charge >= 0.3 is 5.97 Å². The van der Waals surface area contributed by atoms with Crippen LogP contribution in [0.1, 0.15) is 38.1 Å². The Bertz CT molecular complexity index is 774. The molecule has 3 atom stereocenters. The molecule has 0 aromatic carbocycles. The van der Waals surface area contributed by atoms with Gasteiger partial charge in [-0.25, -0.2) is 4.79 Å². The zero-order valence-electron chi connectivity index (χ0n) is 17.0. The van der Waals surface area contributed by atoms with Crippen LogP contribution in [0.3, 0.4) is 0 Å². The van der Waals surface area contributed by atoms with Crippen molar-refractivity contribution < 1.29 is 28.4 Å². The summed E-state index contributed by atoms with van der Waals surface area (Å²) in [5.74, 6) is -3.05. The second kappa shape index (κ2) is 7.92. The first-order chi connectivity index (χ1) is 12.9. The number of carbonyl (C=O) groups is 4. The molecule has 0 aliphatic carbocycles. The van der Waals surface area contributed by atoms with Gasteiger partial charge in [-0.15, -0.1) is 0 Å². The number of nitrogens with zero attached hydrogens (tertiary/aromatic N) is 2. The molecule has 152 valence electrons. The first-order valence-corrected chi connectivity index (χ1v) is 11.9. The lowest BCUT2D eigenvalue weighted by atomic mass is 9.81. The van der Waals surface area contributed by atoms with Crippen LogP contribution in [0.15, 0.2) is 24.5 Å². The van der Waals surface area contributed by atoms with Crippen LogP contribution in [0, 0.1) is 5.92 Å². The first-order valence-electron chi connectivity index (χ1n) is 9.03. The number of carbonyl (C=O) groups excluding carboxylic acids is 4. The summed E-state index contributed by atoms with van der Waals surface area (Å²) in [4.78, 5) is 56.3. The van der Waals surface area contributed by atoms with Crippen molar-refractivity contribution in [1.82, 2.24) is 10.0 Å². The average molecular weight is 407 g/mol. The van der Waals surface area contributed by atoms with Gasteiger partial charge in [0, 0.05) is 18.0 Å². The Morgan fingerprint density at radius 3 is 2.46 bits per heavy atom. The Labute approximate surface area is 165 Å². The Kier molecular flexibility index (Phi) is 6.20. The van der Waals surface area contributed by atoms with E-state index in [0.29, 0.717) is 5.06 Å².